The zero-order valence-electron chi connectivity index (χ0n) is 14.1. The number of alkyl halides is 3. The second kappa shape index (κ2) is 7.50. The molecule has 3 rings (SSSR count). The minimum atomic E-state index is -4.36. The maximum absolute atomic E-state index is 12.8. The highest BCUT2D eigenvalue weighted by atomic mass is 19.4. The number of aliphatic carboxylic acids is 1. The molecule has 2 aromatic rings. The molecule has 2 aromatic carbocycles. The van der Waals surface area contributed by atoms with Gasteiger partial charge in [-0.3, -0.25) is 9.69 Å². The van der Waals surface area contributed by atoms with Gasteiger partial charge in [-0.15, -0.1) is 0 Å². The van der Waals surface area contributed by atoms with Gasteiger partial charge in [-0.05, 0) is 35.6 Å². The number of rotatable bonds is 5. The highest BCUT2D eigenvalue weighted by Crippen LogP contribution is 2.39. The van der Waals surface area contributed by atoms with Crippen LogP contribution in [0, 0.1) is 5.92 Å². The van der Waals surface area contributed by atoms with Crippen molar-refractivity contribution in [3.8, 4) is 0 Å². The topological polar surface area (TPSA) is 40.5 Å². The van der Waals surface area contributed by atoms with E-state index in [4.69, 9.17) is 5.11 Å². The third-order valence-electron chi connectivity index (χ3n) is 4.80. The molecule has 0 spiro atoms. The molecule has 1 saturated heterocycles. The van der Waals surface area contributed by atoms with Crippen LogP contribution in [0.15, 0.2) is 54.6 Å². The highest BCUT2D eigenvalue weighted by Gasteiger charge is 2.35. The Morgan fingerprint density at radius 1 is 1.08 bits per heavy atom. The number of carboxylic acid groups (broad SMARTS) is 1. The van der Waals surface area contributed by atoms with E-state index in [2.05, 4.69) is 4.90 Å². The van der Waals surface area contributed by atoms with Crippen molar-refractivity contribution < 1.29 is 23.1 Å². The van der Waals surface area contributed by atoms with E-state index >= 15 is 0 Å². The zero-order valence-corrected chi connectivity index (χ0v) is 14.1. The Bertz CT molecular complexity index is 744. The Morgan fingerprint density at radius 3 is 2.31 bits per heavy atom. The third kappa shape index (κ3) is 4.43. The Hall–Kier alpha value is -2.34. The molecule has 138 valence electrons. The van der Waals surface area contributed by atoms with Crippen molar-refractivity contribution in [3.05, 3.63) is 71.3 Å². The van der Waals surface area contributed by atoms with E-state index in [9.17, 15) is 18.0 Å². The van der Waals surface area contributed by atoms with Crippen LogP contribution < -0.4 is 0 Å². The summed E-state index contributed by atoms with van der Waals surface area (Å²) < 4.78 is 38.4. The summed E-state index contributed by atoms with van der Waals surface area (Å²) in [5.41, 5.74) is 1.22. The quantitative estimate of drug-likeness (QED) is 0.834. The highest BCUT2D eigenvalue weighted by molar-refractivity contribution is 5.67. The third-order valence-corrected chi connectivity index (χ3v) is 4.80. The molecule has 1 heterocycles. The molecule has 2 unspecified atom stereocenters. The molecule has 26 heavy (non-hydrogen) atoms. The van der Waals surface area contributed by atoms with Crippen LogP contribution >= 0.6 is 0 Å². The molecule has 0 aliphatic carbocycles. The molecule has 1 aliphatic rings. The smallest absolute Gasteiger partial charge is 0.416 e. The number of carbonyl (C=O) groups is 1. The average molecular weight is 363 g/mol. The fourth-order valence-electron chi connectivity index (χ4n) is 3.63. The van der Waals surface area contributed by atoms with Crippen LogP contribution in [0.4, 0.5) is 13.2 Å². The first-order valence-corrected chi connectivity index (χ1v) is 8.50. The van der Waals surface area contributed by atoms with Gasteiger partial charge in [0.1, 0.15) is 0 Å². The van der Waals surface area contributed by atoms with Gasteiger partial charge in [-0.2, -0.15) is 13.2 Å². The molecule has 0 saturated carbocycles. The summed E-state index contributed by atoms with van der Waals surface area (Å²) in [6, 6.07) is 14.9. The summed E-state index contributed by atoms with van der Waals surface area (Å²) in [6.07, 6.45) is -3.66. The van der Waals surface area contributed by atoms with Crippen molar-refractivity contribution in [2.24, 2.45) is 5.92 Å². The van der Waals surface area contributed by atoms with E-state index in [1.807, 2.05) is 30.3 Å². The van der Waals surface area contributed by atoms with E-state index < -0.39 is 17.7 Å². The Balaban J connectivity index is 1.82. The molecule has 0 radical (unpaired) electrons. The number of carboxylic acids is 1. The molecule has 0 bridgehead atoms. The van der Waals surface area contributed by atoms with Gasteiger partial charge in [-0.1, -0.05) is 42.5 Å². The largest absolute Gasteiger partial charge is 0.481 e. The Labute approximate surface area is 150 Å². The van der Waals surface area contributed by atoms with Gasteiger partial charge in [0.2, 0.25) is 0 Å². The van der Waals surface area contributed by atoms with Crippen LogP contribution in [0.25, 0.3) is 0 Å². The lowest BCUT2D eigenvalue weighted by molar-refractivity contribution is -0.138. The molecular weight excluding hydrogens is 343 g/mol. The van der Waals surface area contributed by atoms with Crippen molar-refractivity contribution >= 4 is 5.97 Å². The monoisotopic (exact) mass is 363 g/mol. The zero-order chi connectivity index (χ0) is 18.7. The molecular formula is C20H20F3NO2. The predicted octanol–water partition coefficient (Wildman–Crippen LogP) is 4.74. The van der Waals surface area contributed by atoms with Crippen molar-refractivity contribution in [1.82, 2.24) is 4.90 Å². The van der Waals surface area contributed by atoms with Crippen LogP contribution in [0.1, 0.15) is 35.6 Å². The summed E-state index contributed by atoms with van der Waals surface area (Å²) in [6.45, 7) is 1.26. The maximum Gasteiger partial charge on any atom is 0.416 e. The predicted molar refractivity (Wildman–Crippen MR) is 91.4 cm³/mol. The number of hydrogen-bond donors (Lipinski definition) is 1. The standard InChI is InChI=1S/C20H20F3NO2/c21-20(22,23)17-8-6-16(7-9-17)18-10-15(11-19(25)26)13-24(18)12-14-4-2-1-3-5-14/h1-9,15,18H,10-13H2,(H,25,26). The van der Waals surface area contributed by atoms with E-state index in [0.717, 1.165) is 23.3 Å². The van der Waals surface area contributed by atoms with E-state index in [0.29, 0.717) is 19.5 Å². The fraction of sp³-hybridized carbons (Fsp3) is 0.350. The van der Waals surface area contributed by atoms with Gasteiger partial charge < -0.3 is 5.11 Å². The molecule has 1 aliphatic heterocycles. The summed E-state index contributed by atoms with van der Waals surface area (Å²) in [7, 11) is 0. The van der Waals surface area contributed by atoms with Gasteiger partial charge in [-0.25, -0.2) is 0 Å². The Morgan fingerprint density at radius 2 is 1.73 bits per heavy atom. The van der Waals surface area contributed by atoms with Crippen LogP contribution in [-0.4, -0.2) is 22.5 Å². The van der Waals surface area contributed by atoms with Gasteiger partial charge in [0.15, 0.2) is 0 Å². The first-order valence-electron chi connectivity index (χ1n) is 8.50. The van der Waals surface area contributed by atoms with Crippen LogP contribution in [-0.2, 0) is 17.5 Å². The van der Waals surface area contributed by atoms with E-state index in [-0.39, 0.29) is 18.4 Å². The number of nitrogens with zero attached hydrogens (tertiary/aromatic N) is 1. The second-order valence-corrected chi connectivity index (χ2v) is 6.75. The second-order valence-electron chi connectivity index (χ2n) is 6.75. The summed E-state index contributed by atoms with van der Waals surface area (Å²) in [5, 5.41) is 9.09. The summed E-state index contributed by atoms with van der Waals surface area (Å²) in [4.78, 5) is 13.2. The SMILES string of the molecule is O=C(O)CC1CC(c2ccc(C(F)(F)F)cc2)N(Cc2ccccc2)C1. The van der Waals surface area contributed by atoms with E-state index in [1.54, 1.807) is 0 Å². The lowest BCUT2D eigenvalue weighted by Gasteiger charge is -2.25. The van der Waals surface area contributed by atoms with Crippen LogP contribution in [0.5, 0.6) is 0 Å². The number of benzene rings is 2. The first kappa shape index (κ1) is 18.5. The maximum atomic E-state index is 12.8. The number of likely N-dealkylation sites (tertiary alicyclic amines) is 1. The average Bonchev–Trinajstić information content (AvgIpc) is 2.96. The van der Waals surface area contributed by atoms with Crippen LogP contribution in [0.2, 0.25) is 0 Å². The molecule has 2 atom stereocenters. The van der Waals surface area contributed by atoms with Gasteiger partial charge in [0.25, 0.3) is 0 Å². The van der Waals surface area contributed by atoms with Crippen molar-refractivity contribution in [3.63, 3.8) is 0 Å². The summed E-state index contributed by atoms with van der Waals surface area (Å²) >= 11 is 0. The van der Waals surface area contributed by atoms with Crippen molar-refractivity contribution in [1.29, 1.82) is 0 Å². The molecule has 3 nitrogen and oxygen atoms in total. The van der Waals surface area contributed by atoms with Crippen molar-refractivity contribution in [2.75, 3.05) is 6.54 Å². The Kier molecular flexibility index (Phi) is 5.32. The van der Waals surface area contributed by atoms with Gasteiger partial charge >= 0.3 is 12.1 Å². The molecule has 0 amide bonds. The fourth-order valence-corrected chi connectivity index (χ4v) is 3.63. The number of halogens is 3. The van der Waals surface area contributed by atoms with Gasteiger partial charge in [0.05, 0.1) is 5.56 Å². The van der Waals surface area contributed by atoms with Gasteiger partial charge in [0, 0.05) is 25.6 Å². The van der Waals surface area contributed by atoms with Crippen LogP contribution in [0.3, 0.4) is 0 Å². The normalized spacial score (nSPS) is 21.0. The van der Waals surface area contributed by atoms with Crippen molar-refractivity contribution in [2.45, 2.75) is 31.6 Å². The lowest BCUT2D eigenvalue weighted by Crippen LogP contribution is -2.24. The first-order chi connectivity index (χ1) is 12.3. The molecule has 6 heteroatoms. The molecule has 1 N–H and O–H groups in total. The summed E-state index contributed by atoms with van der Waals surface area (Å²) in [5.74, 6) is -0.855. The van der Waals surface area contributed by atoms with E-state index in [1.165, 1.54) is 12.1 Å². The minimum Gasteiger partial charge on any atom is -0.481 e. The molecule has 0 aromatic heterocycles. The lowest BCUT2D eigenvalue weighted by atomic mass is 9.97. The molecule has 1 fully saturated rings. The minimum absolute atomic E-state index is 0.0106. The number of hydrogen-bond acceptors (Lipinski definition) is 2.